The van der Waals surface area contributed by atoms with E-state index in [9.17, 15) is 13.2 Å². The lowest BCUT2D eigenvalue weighted by Gasteiger charge is -2.29. The lowest BCUT2D eigenvalue weighted by molar-refractivity contribution is 0.0680. The van der Waals surface area contributed by atoms with Crippen LogP contribution in [0.15, 0.2) is 88.4 Å². The third kappa shape index (κ3) is 7.09. The molecular formula is C33H35Cl2N3O5S. The van der Waals surface area contributed by atoms with E-state index < -0.39 is 10.0 Å². The third-order valence-electron chi connectivity index (χ3n) is 7.96. The molecule has 2 aliphatic rings. The van der Waals surface area contributed by atoms with Crippen LogP contribution < -0.4 is 0 Å². The standard InChI is InChI=1S/C33H35Cl2N3O5S/c1-42-20-18-37(19-21-43-2)44(40,41)29-16-10-25(11-17-29)33(39)38-32(24-8-14-28(35)15-9-24)30-5-3-4-26(31(30)36-38)22-23-6-12-27(34)13-7-23/h6-17,22,30,32H,3-5,18-21H2,1-2H3/b26-22+. The summed E-state index contributed by atoms with van der Waals surface area (Å²) >= 11 is 12.3. The molecule has 5 rings (SSSR count). The molecule has 0 N–H and O–H groups in total. The lowest BCUT2D eigenvalue weighted by atomic mass is 9.77. The average molecular weight is 657 g/mol. The number of carbonyl (C=O) groups is 1. The number of hydrogen-bond donors (Lipinski definition) is 0. The summed E-state index contributed by atoms with van der Waals surface area (Å²) in [6, 6.07) is 20.9. The number of nitrogens with zero attached hydrogens (tertiary/aromatic N) is 3. The molecule has 1 saturated carbocycles. The van der Waals surface area contributed by atoms with E-state index in [1.165, 1.54) is 30.7 Å². The van der Waals surface area contributed by atoms with E-state index in [2.05, 4.69) is 6.08 Å². The minimum Gasteiger partial charge on any atom is -0.383 e. The predicted molar refractivity (Wildman–Crippen MR) is 174 cm³/mol. The first-order chi connectivity index (χ1) is 21.2. The second kappa shape index (κ2) is 14.4. The maximum Gasteiger partial charge on any atom is 0.274 e. The van der Waals surface area contributed by atoms with E-state index in [4.69, 9.17) is 37.8 Å². The normalized spacial score (nSPS) is 19.3. The zero-order valence-corrected chi connectivity index (χ0v) is 27.0. The number of benzene rings is 3. The molecule has 1 heterocycles. The highest BCUT2D eigenvalue weighted by Crippen LogP contribution is 2.45. The van der Waals surface area contributed by atoms with Gasteiger partial charge >= 0.3 is 0 Å². The van der Waals surface area contributed by atoms with Crippen molar-refractivity contribution >= 4 is 50.9 Å². The number of hydrazone groups is 1. The minimum absolute atomic E-state index is 0.00204. The van der Waals surface area contributed by atoms with Gasteiger partial charge in [-0.25, -0.2) is 13.4 Å². The van der Waals surface area contributed by atoms with E-state index >= 15 is 0 Å². The predicted octanol–water partition coefficient (Wildman–Crippen LogP) is 6.71. The number of ether oxygens (including phenoxy) is 2. The van der Waals surface area contributed by atoms with Crippen LogP contribution in [-0.4, -0.2) is 69.9 Å². The quantitative estimate of drug-likeness (QED) is 0.229. The van der Waals surface area contributed by atoms with E-state index in [0.717, 1.165) is 41.7 Å². The summed E-state index contributed by atoms with van der Waals surface area (Å²) in [5, 5.41) is 7.78. The van der Waals surface area contributed by atoms with Crippen LogP contribution in [0.2, 0.25) is 10.0 Å². The molecule has 232 valence electrons. The van der Waals surface area contributed by atoms with Crippen LogP contribution in [0.1, 0.15) is 46.8 Å². The van der Waals surface area contributed by atoms with Crippen molar-refractivity contribution in [2.45, 2.75) is 30.2 Å². The molecule has 1 fully saturated rings. The molecule has 0 bridgehead atoms. The Hall–Kier alpha value is -3.05. The van der Waals surface area contributed by atoms with Crippen molar-refractivity contribution in [1.82, 2.24) is 9.31 Å². The van der Waals surface area contributed by atoms with Crippen molar-refractivity contribution < 1.29 is 22.7 Å². The number of halogens is 2. The van der Waals surface area contributed by atoms with Crippen LogP contribution in [0.4, 0.5) is 0 Å². The highest BCUT2D eigenvalue weighted by molar-refractivity contribution is 7.89. The smallest absolute Gasteiger partial charge is 0.274 e. The van der Waals surface area contributed by atoms with Crippen LogP contribution in [0.3, 0.4) is 0 Å². The number of amides is 1. The third-order valence-corrected chi connectivity index (χ3v) is 10.4. The van der Waals surface area contributed by atoms with Gasteiger partial charge in [-0.3, -0.25) is 4.79 Å². The zero-order chi connectivity index (χ0) is 31.3. The Bertz CT molecular complexity index is 1620. The number of carbonyl (C=O) groups excluding carboxylic acids is 1. The Morgan fingerprint density at radius 3 is 2.11 bits per heavy atom. The number of rotatable bonds is 11. The maximum atomic E-state index is 14.1. The summed E-state index contributed by atoms with van der Waals surface area (Å²) in [4.78, 5) is 14.2. The van der Waals surface area contributed by atoms with Crippen molar-refractivity contribution in [2.75, 3.05) is 40.5 Å². The van der Waals surface area contributed by atoms with Gasteiger partial charge in [0.05, 0.1) is 29.9 Å². The van der Waals surface area contributed by atoms with Crippen LogP contribution >= 0.6 is 23.2 Å². The SMILES string of the molecule is COCCN(CCOC)S(=O)(=O)c1ccc(C(=O)N2N=C3/C(=C/c4ccc(Cl)cc4)CCCC3C2c2ccc(Cl)cc2)cc1. The van der Waals surface area contributed by atoms with Crippen molar-refractivity contribution in [3.05, 3.63) is 105 Å². The number of allylic oxidation sites excluding steroid dienone is 1. The molecule has 0 radical (unpaired) electrons. The zero-order valence-electron chi connectivity index (χ0n) is 24.7. The maximum absolute atomic E-state index is 14.1. The number of fused-ring (bicyclic) bond motifs is 1. The molecule has 11 heteroatoms. The highest BCUT2D eigenvalue weighted by Gasteiger charge is 2.44. The van der Waals surface area contributed by atoms with Gasteiger partial charge in [0, 0.05) is 48.8 Å². The van der Waals surface area contributed by atoms with Crippen molar-refractivity contribution in [3.8, 4) is 0 Å². The summed E-state index contributed by atoms with van der Waals surface area (Å²) in [7, 11) is -0.787. The summed E-state index contributed by atoms with van der Waals surface area (Å²) in [5.41, 5.74) is 4.28. The Kier molecular flexibility index (Phi) is 10.6. The fourth-order valence-electron chi connectivity index (χ4n) is 5.71. The van der Waals surface area contributed by atoms with Gasteiger partial charge in [0.2, 0.25) is 10.0 Å². The van der Waals surface area contributed by atoms with Gasteiger partial charge < -0.3 is 9.47 Å². The molecule has 0 spiro atoms. The van der Waals surface area contributed by atoms with Crippen molar-refractivity contribution in [1.29, 1.82) is 0 Å². The first-order valence-corrected chi connectivity index (χ1v) is 16.6. The van der Waals surface area contributed by atoms with Crippen LogP contribution in [0, 0.1) is 5.92 Å². The Labute approximate surface area is 268 Å². The van der Waals surface area contributed by atoms with Crippen LogP contribution in [0.5, 0.6) is 0 Å². The van der Waals surface area contributed by atoms with Gasteiger partial charge in [-0.05, 0) is 90.6 Å². The summed E-state index contributed by atoms with van der Waals surface area (Å²) in [6.45, 7) is 0.862. The van der Waals surface area contributed by atoms with Gasteiger partial charge in [-0.15, -0.1) is 0 Å². The minimum atomic E-state index is -3.83. The Balaban J connectivity index is 1.48. The summed E-state index contributed by atoms with van der Waals surface area (Å²) in [6.07, 6.45) is 4.81. The lowest BCUT2D eigenvalue weighted by Crippen LogP contribution is -2.36. The second-order valence-electron chi connectivity index (χ2n) is 10.8. The van der Waals surface area contributed by atoms with Crippen molar-refractivity contribution in [2.24, 2.45) is 11.0 Å². The topological polar surface area (TPSA) is 88.5 Å². The molecule has 3 aromatic rings. The molecule has 1 aliphatic heterocycles. The number of methoxy groups -OCH3 is 2. The molecule has 0 saturated heterocycles. The molecule has 44 heavy (non-hydrogen) atoms. The molecule has 2 unspecified atom stereocenters. The molecule has 1 aliphatic carbocycles. The summed E-state index contributed by atoms with van der Waals surface area (Å²) in [5.74, 6) is -0.306. The van der Waals surface area contributed by atoms with Gasteiger partial charge in [-0.2, -0.15) is 9.41 Å². The molecule has 0 aromatic heterocycles. The molecule has 2 atom stereocenters. The van der Waals surface area contributed by atoms with E-state index in [0.29, 0.717) is 15.6 Å². The molecular weight excluding hydrogens is 621 g/mol. The van der Waals surface area contributed by atoms with E-state index in [1.807, 2.05) is 48.5 Å². The van der Waals surface area contributed by atoms with Gasteiger partial charge in [0.25, 0.3) is 5.91 Å². The second-order valence-corrected chi connectivity index (χ2v) is 13.6. The van der Waals surface area contributed by atoms with Gasteiger partial charge in [0.15, 0.2) is 0 Å². The van der Waals surface area contributed by atoms with Crippen LogP contribution in [0.25, 0.3) is 6.08 Å². The van der Waals surface area contributed by atoms with E-state index in [1.54, 1.807) is 17.1 Å². The highest BCUT2D eigenvalue weighted by atomic mass is 35.5. The molecule has 3 aromatic carbocycles. The number of sulfonamides is 1. The number of hydrogen-bond acceptors (Lipinski definition) is 6. The monoisotopic (exact) mass is 655 g/mol. The first-order valence-electron chi connectivity index (χ1n) is 14.4. The van der Waals surface area contributed by atoms with E-state index in [-0.39, 0.29) is 49.1 Å². The Morgan fingerprint density at radius 2 is 1.52 bits per heavy atom. The van der Waals surface area contributed by atoms with Gasteiger partial charge in [-0.1, -0.05) is 47.5 Å². The van der Waals surface area contributed by atoms with Gasteiger partial charge in [0.1, 0.15) is 0 Å². The van der Waals surface area contributed by atoms with Crippen molar-refractivity contribution in [3.63, 3.8) is 0 Å². The van der Waals surface area contributed by atoms with Crippen LogP contribution in [-0.2, 0) is 19.5 Å². The fourth-order valence-corrected chi connectivity index (χ4v) is 7.37. The largest absolute Gasteiger partial charge is 0.383 e. The summed E-state index contributed by atoms with van der Waals surface area (Å²) < 4.78 is 38.3. The molecule has 1 amide bonds. The fraction of sp³-hybridized carbons (Fsp3) is 0.333. The average Bonchev–Trinajstić information content (AvgIpc) is 3.43. The molecule has 8 nitrogen and oxygen atoms in total. The Morgan fingerprint density at radius 1 is 0.932 bits per heavy atom. The first kappa shape index (κ1) is 32.3.